The van der Waals surface area contributed by atoms with Crippen molar-refractivity contribution in [2.75, 3.05) is 24.2 Å². The van der Waals surface area contributed by atoms with E-state index < -0.39 is 9.84 Å². The number of nitrogens with zero attached hydrogens (tertiary/aromatic N) is 1. The smallest absolute Gasteiger partial charge is 0.178 e. The molecule has 0 aromatic heterocycles. The van der Waals surface area contributed by atoms with Crippen molar-refractivity contribution in [2.24, 2.45) is 0 Å². The quantitative estimate of drug-likeness (QED) is 0.822. The Morgan fingerprint density at radius 3 is 2.14 bits per heavy atom. The van der Waals surface area contributed by atoms with Gasteiger partial charge in [-0.1, -0.05) is 37.3 Å². The minimum absolute atomic E-state index is 0.135. The third kappa shape index (κ3) is 4.08. The molecule has 21 heavy (non-hydrogen) atoms. The molecule has 0 N–H and O–H groups in total. The van der Waals surface area contributed by atoms with Crippen molar-refractivity contribution in [2.45, 2.75) is 18.2 Å². The van der Waals surface area contributed by atoms with Gasteiger partial charge in [-0.05, 0) is 36.2 Å². The summed E-state index contributed by atoms with van der Waals surface area (Å²) >= 11 is 0. The molecule has 0 bridgehead atoms. The zero-order valence-corrected chi connectivity index (χ0v) is 13.3. The van der Waals surface area contributed by atoms with Crippen LogP contribution in [0.1, 0.15) is 12.5 Å². The highest BCUT2D eigenvalue weighted by molar-refractivity contribution is 7.91. The molecule has 4 heteroatoms. The molecule has 2 aromatic carbocycles. The van der Waals surface area contributed by atoms with E-state index in [9.17, 15) is 8.42 Å². The fourth-order valence-corrected chi connectivity index (χ4v) is 3.03. The van der Waals surface area contributed by atoms with Gasteiger partial charge in [-0.2, -0.15) is 0 Å². The van der Waals surface area contributed by atoms with Crippen molar-refractivity contribution in [1.29, 1.82) is 0 Å². The van der Waals surface area contributed by atoms with Crippen LogP contribution < -0.4 is 4.90 Å². The molecule has 0 spiro atoms. The zero-order chi connectivity index (χ0) is 15.3. The lowest BCUT2D eigenvalue weighted by Crippen LogP contribution is -2.20. The molecule has 0 saturated heterocycles. The molecule has 0 aliphatic carbocycles. The van der Waals surface area contributed by atoms with E-state index in [4.69, 9.17) is 0 Å². The second-order valence-electron chi connectivity index (χ2n) is 5.05. The first-order valence-electron chi connectivity index (χ1n) is 7.11. The topological polar surface area (TPSA) is 37.4 Å². The largest absolute Gasteiger partial charge is 0.374 e. The van der Waals surface area contributed by atoms with Gasteiger partial charge in [-0.3, -0.25) is 0 Å². The van der Waals surface area contributed by atoms with Gasteiger partial charge < -0.3 is 4.90 Å². The number of anilines is 1. The second-order valence-corrected chi connectivity index (χ2v) is 7.33. The lowest BCUT2D eigenvalue weighted by Gasteiger charge is -2.19. The fraction of sp³-hybridized carbons (Fsp3) is 0.294. The van der Waals surface area contributed by atoms with Crippen molar-refractivity contribution in [1.82, 2.24) is 0 Å². The highest BCUT2D eigenvalue weighted by atomic mass is 32.2. The van der Waals surface area contributed by atoms with Gasteiger partial charge in [-0.25, -0.2) is 8.42 Å². The van der Waals surface area contributed by atoms with E-state index in [1.165, 1.54) is 5.56 Å². The van der Waals surface area contributed by atoms with E-state index in [0.29, 0.717) is 4.90 Å². The molecule has 0 saturated carbocycles. The molecule has 2 rings (SSSR count). The van der Waals surface area contributed by atoms with Crippen LogP contribution in [0.15, 0.2) is 59.5 Å². The van der Waals surface area contributed by atoms with Gasteiger partial charge in [0.25, 0.3) is 0 Å². The van der Waals surface area contributed by atoms with Crippen LogP contribution in [0, 0.1) is 0 Å². The number of benzene rings is 2. The van der Waals surface area contributed by atoms with Crippen molar-refractivity contribution < 1.29 is 8.42 Å². The van der Waals surface area contributed by atoms with Gasteiger partial charge in [0.1, 0.15) is 0 Å². The average molecular weight is 303 g/mol. The van der Waals surface area contributed by atoms with Crippen molar-refractivity contribution >= 4 is 15.5 Å². The van der Waals surface area contributed by atoms with Crippen LogP contribution in [0.3, 0.4) is 0 Å². The molecule has 2 aromatic rings. The van der Waals surface area contributed by atoms with Crippen LogP contribution in [0.4, 0.5) is 5.69 Å². The Kier molecular flexibility index (Phi) is 5.02. The van der Waals surface area contributed by atoms with Crippen LogP contribution in [-0.4, -0.2) is 27.8 Å². The highest BCUT2D eigenvalue weighted by Crippen LogP contribution is 2.18. The molecule has 0 fully saturated rings. The first-order chi connectivity index (χ1) is 10.0. The number of hydrogen-bond acceptors (Lipinski definition) is 3. The third-order valence-electron chi connectivity index (χ3n) is 3.60. The van der Waals surface area contributed by atoms with Crippen LogP contribution in [0.5, 0.6) is 0 Å². The van der Waals surface area contributed by atoms with Crippen molar-refractivity contribution in [3.8, 4) is 0 Å². The Morgan fingerprint density at radius 2 is 1.57 bits per heavy atom. The zero-order valence-electron chi connectivity index (χ0n) is 12.5. The Morgan fingerprint density at radius 1 is 0.952 bits per heavy atom. The summed E-state index contributed by atoms with van der Waals surface area (Å²) in [5.41, 5.74) is 2.33. The van der Waals surface area contributed by atoms with Gasteiger partial charge >= 0.3 is 0 Å². The van der Waals surface area contributed by atoms with Crippen LogP contribution in [0.2, 0.25) is 0 Å². The summed E-state index contributed by atoms with van der Waals surface area (Å²) < 4.78 is 23.6. The van der Waals surface area contributed by atoms with Gasteiger partial charge in [0.05, 0.1) is 10.6 Å². The van der Waals surface area contributed by atoms with Gasteiger partial charge in [0, 0.05) is 19.3 Å². The molecule has 0 atom stereocenters. The maximum atomic E-state index is 11.8. The highest BCUT2D eigenvalue weighted by Gasteiger charge is 2.11. The van der Waals surface area contributed by atoms with E-state index in [1.54, 1.807) is 19.1 Å². The van der Waals surface area contributed by atoms with E-state index in [0.717, 1.165) is 18.7 Å². The minimum atomic E-state index is -3.11. The summed E-state index contributed by atoms with van der Waals surface area (Å²) in [7, 11) is -1.09. The van der Waals surface area contributed by atoms with E-state index in [1.807, 2.05) is 37.4 Å². The fourth-order valence-electron chi connectivity index (χ4n) is 2.15. The van der Waals surface area contributed by atoms with Gasteiger partial charge in [0.2, 0.25) is 0 Å². The summed E-state index contributed by atoms with van der Waals surface area (Å²) in [5.74, 6) is 0.135. The first kappa shape index (κ1) is 15.6. The minimum Gasteiger partial charge on any atom is -0.374 e. The first-order valence-corrected chi connectivity index (χ1v) is 8.76. The van der Waals surface area contributed by atoms with Crippen molar-refractivity contribution in [3.05, 3.63) is 60.2 Å². The number of rotatable bonds is 6. The monoisotopic (exact) mass is 303 g/mol. The lowest BCUT2D eigenvalue weighted by molar-refractivity contribution is 0.597. The molecule has 0 aliphatic heterocycles. The van der Waals surface area contributed by atoms with Crippen LogP contribution >= 0.6 is 0 Å². The van der Waals surface area contributed by atoms with E-state index in [-0.39, 0.29) is 5.75 Å². The molecule has 112 valence electrons. The second kappa shape index (κ2) is 6.76. The van der Waals surface area contributed by atoms with Crippen LogP contribution in [-0.2, 0) is 16.3 Å². The molecular weight excluding hydrogens is 282 g/mol. The standard InChI is InChI=1S/C17H21NO2S/c1-3-21(19,20)17-11-9-16(10-12-17)18(2)14-13-15-7-5-4-6-8-15/h4-12H,3,13-14H2,1-2H3. The predicted octanol–water partition coefficient (Wildman–Crippen LogP) is 3.16. The Bertz CT molecular complexity index is 664. The SMILES string of the molecule is CCS(=O)(=O)c1ccc(N(C)CCc2ccccc2)cc1. The lowest BCUT2D eigenvalue weighted by atomic mass is 10.1. The third-order valence-corrected chi connectivity index (χ3v) is 5.35. The molecule has 0 unspecified atom stereocenters. The molecule has 3 nitrogen and oxygen atoms in total. The maximum absolute atomic E-state index is 11.8. The predicted molar refractivity (Wildman–Crippen MR) is 87.6 cm³/mol. The summed E-state index contributed by atoms with van der Waals surface area (Å²) in [5, 5.41) is 0. The molecular formula is C17H21NO2S. The van der Waals surface area contributed by atoms with Gasteiger partial charge in [0.15, 0.2) is 9.84 Å². The molecule has 0 radical (unpaired) electrons. The molecule has 0 heterocycles. The number of sulfone groups is 1. The molecule has 0 aliphatic rings. The Hall–Kier alpha value is -1.81. The normalized spacial score (nSPS) is 11.3. The maximum Gasteiger partial charge on any atom is 0.178 e. The summed E-state index contributed by atoms with van der Waals surface area (Å²) in [6.45, 7) is 2.55. The van der Waals surface area contributed by atoms with Crippen molar-refractivity contribution in [3.63, 3.8) is 0 Å². The molecule has 0 amide bonds. The number of hydrogen-bond donors (Lipinski definition) is 0. The van der Waals surface area contributed by atoms with E-state index in [2.05, 4.69) is 17.0 Å². The Balaban J connectivity index is 2.02. The Labute approximate surface area is 127 Å². The van der Waals surface area contributed by atoms with E-state index >= 15 is 0 Å². The number of likely N-dealkylation sites (N-methyl/N-ethyl adjacent to an activating group) is 1. The summed E-state index contributed by atoms with van der Waals surface area (Å²) in [6, 6.07) is 17.4. The van der Waals surface area contributed by atoms with Gasteiger partial charge in [-0.15, -0.1) is 0 Å². The summed E-state index contributed by atoms with van der Waals surface area (Å²) in [4.78, 5) is 2.53. The average Bonchev–Trinajstić information content (AvgIpc) is 2.53. The van der Waals surface area contributed by atoms with Crippen LogP contribution in [0.25, 0.3) is 0 Å². The summed E-state index contributed by atoms with van der Waals surface area (Å²) in [6.07, 6.45) is 0.965.